The average molecular weight is 330 g/mol. The van der Waals surface area contributed by atoms with Gasteiger partial charge in [0.15, 0.2) is 5.65 Å². The highest BCUT2D eigenvalue weighted by atomic mass is 16.6. The van der Waals surface area contributed by atoms with Gasteiger partial charge >= 0.3 is 6.09 Å². The van der Waals surface area contributed by atoms with Gasteiger partial charge in [0.25, 0.3) is 0 Å². The number of rotatable bonds is 3. The second-order valence-electron chi connectivity index (χ2n) is 5.83. The Kier molecular flexibility index (Phi) is 3.68. The highest BCUT2D eigenvalue weighted by Gasteiger charge is 2.28. The van der Waals surface area contributed by atoms with Crippen molar-refractivity contribution < 1.29 is 14.3 Å². The van der Waals surface area contributed by atoms with Crippen LogP contribution in [0, 0.1) is 0 Å². The van der Waals surface area contributed by atoms with E-state index in [1.54, 1.807) is 15.6 Å². The molecule has 0 aliphatic carbocycles. The van der Waals surface area contributed by atoms with Gasteiger partial charge in [-0.3, -0.25) is 9.69 Å². The minimum absolute atomic E-state index is 0.0356. The standard InChI is InChI=1S/C15H18N6O3/c22-14(11-20-9-10-24-15(20)23)19-7-5-18(6-8-19)13-2-1-12-16-3-4-21(12)17-13/h1-4H,5-11H2. The number of carbonyl (C=O) groups is 2. The van der Waals surface area contributed by atoms with Crippen molar-refractivity contribution >= 4 is 23.5 Å². The van der Waals surface area contributed by atoms with Crippen molar-refractivity contribution in [3.05, 3.63) is 24.5 Å². The lowest BCUT2D eigenvalue weighted by atomic mass is 10.3. The zero-order valence-corrected chi connectivity index (χ0v) is 13.2. The first-order valence-corrected chi connectivity index (χ1v) is 7.95. The zero-order valence-electron chi connectivity index (χ0n) is 13.2. The van der Waals surface area contributed by atoms with Gasteiger partial charge in [0.05, 0.1) is 6.54 Å². The van der Waals surface area contributed by atoms with Gasteiger partial charge in [-0.15, -0.1) is 5.10 Å². The summed E-state index contributed by atoms with van der Waals surface area (Å²) in [6.45, 7) is 3.60. The summed E-state index contributed by atoms with van der Waals surface area (Å²) in [5.41, 5.74) is 0.810. The van der Waals surface area contributed by atoms with Crippen molar-refractivity contribution in [3.8, 4) is 0 Å². The number of cyclic esters (lactones) is 1. The molecule has 0 unspecified atom stereocenters. The van der Waals surface area contributed by atoms with Crippen molar-refractivity contribution in [2.24, 2.45) is 0 Å². The number of hydrogen-bond acceptors (Lipinski definition) is 6. The van der Waals surface area contributed by atoms with Crippen LogP contribution >= 0.6 is 0 Å². The van der Waals surface area contributed by atoms with E-state index < -0.39 is 6.09 Å². The van der Waals surface area contributed by atoms with Gasteiger partial charge in [-0.1, -0.05) is 0 Å². The van der Waals surface area contributed by atoms with Crippen LogP contribution < -0.4 is 4.90 Å². The second-order valence-corrected chi connectivity index (χ2v) is 5.83. The molecule has 0 aromatic carbocycles. The summed E-state index contributed by atoms with van der Waals surface area (Å²) < 4.78 is 6.59. The fraction of sp³-hybridized carbons (Fsp3) is 0.467. The molecule has 2 aliphatic rings. The molecule has 0 radical (unpaired) electrons. The molecule has 0 atom stereocenters. The maximum Gasteiger partial charge on any atom is 0.410 e. The Morgan fingerprint density at radius 3 is 2.75 bits per heavy atom. The molecule has 2 saturated heterocycles. The Balaban J connectivity index is 1.35. The highest BCUT2D eigenvalue weighted by Crippen LogP contribution is 2.14. The zero-order chi connectivity index (χ0) is 16.5. The third-order valence-electron chi connectivity index (χ3n) is 4.37. The van der Waals surface area contributed by atoms with Crippen LogP contribution in [0.5, 0.6) is 0 Å². The summed E-state index contributed by atoms with van der Waals surface area (Å²) in [5.74, 6) is 0.835. The number of piperazine rings is 1. The monoisotopic (exact) mass is 330 g/mol. The van der Waals surface area contributed by atoms with E-state index in [0.29, 0.717) is 39.3 Å². The second kappa shape index (κ2) is 5.99. The molecule has 4 rings (SSSR count). The molecular formula is C15H18N6O3. The Labute approximate surface area is 138 Å². The lowest BCUT2D eigenvalue weighted by Gasteiger charge is -2.35. The number of ether oxygens (including phenoxy) is 1. The summed E-state index contributed by atoms with van der Waals surface area (Å²) in [4.78, 5) is 33.3. The maximum atomic E-state index is 12.3. The summed E-state index contributed by atoms with van der Waals surface area (Å²) in [5, 5.41) is 4.53. The number of anilines is 1. The lowest BCUT2D eigenvalue weighted by Crippen LogP contribution is -2.51. The van der Waals surface area contributed by atoms with Gasteiger partial charge in [0.1, 0.15) is 19.0 Å². The van der Waals surface area contributed by atoms with Gasteiger partial charge < -0.3 is 14.5 Å². The van der Waals surface area contributed by atoms with Crippen molar-refractivity contribution in [2.75, 3.05) is 50.8 Å². The fourth-order valence-corrected chi connectivity index (χ4v) is 2.99. The Bertz CT molecular complexity index is 767. The first-order valence-electron chi connectivity index (χ1n) is 7.95. The molecule has 0 saturated carbocycles. The van der Waals surface area contributed by atoms with Gasteiger partial charge in [0.2, 0.25) is 5.91 Å². The molecule has 4 heterocycles. The molecule has 2 aromatic rings. The number of fused-ring (bicyclic) bond motifs is 1. The number of carbonyl (C=O) groups excluding carboxylic acids is 2. The smallest absolute Gasteiger partial charge is 0.410 e. The van der Waals surface area contributed by atoms with Crippen LogP contribution in [-0.4, -0.2) is 82.3 Å². The molecule has 2 amide bonds. The molecule has 24 heavy (non-hydrogen) atoms. The van der Waals surface area contributed by atoms with Crippen LogP contribution in [0.1, 0.15) is 0 Å². The predicted molar refractivity (Wildman–Crippen MR) is 84.7 cm³/mol. The normalized spacial score (nSPS) is 18.3. The van der Waals surface area contributed by atoms with Crippen molar-refractivity contribution in [1.82, 2.24) is 24.4 Å². The van der Waals surface area contributed by atoms with Crippen molar-refractivity contribution in [3.63, 3.8) is 0 Å². The first-order chi connectivity index (χ1) is 11.7. The number of aromatic nitrogens is 3. The topological polar surface area (TPSA) is 83.3 Å². The van der Waals surface area contributed by atoms with Crippen molar-refractivity contribution in [2.45, 2.75) is 0 Å². The van der Waals surface area contributed by atoms with Gasteiger partial charge in [0, 0.05) is 38.6 Å². The highest BCUT2D eigenvalue weighted by molar-refractivity contribution is 5.83. The molecular weight excluding hydrogens is 312 g/mol. The van der Waals surface area contributed by atoms with E-state index in [4.69, 9.17) is 4.74 Å². The minimum Gasteiger partial charge on any atom is -0.448 e. The summed E-state index contributed by atoms with van der Waals surface area (Å²) in [6.07, 6.45) is 3.12. The van der Waals surface area contributed by atoms with Crippen LogP contribution in [0.3, 0.4) is 0 Å². The van der Waals surface area contributed by atoms with Crippen LogP contribution in [0.25, 0.3) is 5.65 Å². The van der Waals surface area contributed by atoms with E-state index in [-0.39, 0.29) is 12.5 Å². The van der Waals surface area contributed by atoms with Crippen molar-refractivity contribution in [1.29, 1.82) is 0 Å². The van der Waals surface area contributed by atoms with Crippen LogP contribution in [0.15, 0.2) is 24.5 Å². The summed E-state index contributed by atoms with van der Waals surface area (Å²) >= 11 is 0. The first kappa shape index (κ1) is 14.7. The molecule has 9 nitrogen and oxygen atoms in total. The predicted octanol–water partition coefficient (Wildman–Crippen LogP) is -0.170. The van der Waals surface area contributed by atoms with Crippen LogP contribution in [-0.2, 0) is 9.53 Å². The molecule has 2 aromatic heterocycles. The Morgan fingerprint density at radius 2 is 2.00 bits per heavy atom. The quantitative estimate of drug-likeness (QED) is 0.777. The van der Waals surface area contributed by atoms with E-state index in [1.807, 2.05) is 18.3 Å². The maximum absolute atomic E-state index is 12.3. The molecule has 9 heteroatoms. The summed E-state index contributed by atoms with van der Waals surface area (Å²) in [6, 6.07) is 3.87. The molecule has 2 fully saturated rings. The number of imidazole rings is 1. The average Bonchev–Trinajstić information content (AvgIpc) is 3.23. The van der Waals surface area contributed by atoms with Gasteiger partial charge in [-0.05, 0) is 12.1 Å². The SMILES string of the molecule is O=C(CN1CCOC1=O)N1CCN(c2ccc3nccn3n2)CC1. The van der Waals surface area contributed by atoms with Crippen LogP contribution in [0.4, 0.5) is 10.6 Å². The van der Waals surface area contributed by atoms with Crippen LogP contribution in [0.2, 0.25) is 0 Å². The number of hydrogen-bond donors (Lipinski definition) is 0. The van der Waals surface area contributed by atoms with E-state index in [2.05, 4.69) is 15.0 Å². The Hall–Kier alpha value is -2.84. The molecule has 0 spiro atoms. The number of amides is 2. The largest absolute Gasteiger partial charge is 0.448 e. The fourth-order valence-electron chi connectivity index (χ4n) is 2.99. The van der Waals surface area contributed by atoms with Gasteiger partial charge in [-0.25, -0.2) is 14.3 Å². The Morgan fingerprint density at radius 1 is 1.17 bits per heavy atom. The third-order valence-corrected chi connectivity index (χ3v) is 4.37. The minimum atomic E-state index is -0.403. The van der Waals surface area contributed by atoms with Gasteiger partial charge in [-0.2, -0.15) is 0 Å². The molecule has 2 aliphatic heterocycles. The molecule has 0 bridgehead atoms. The van der Waals surface area contributed by atoms with E-state index in [1.165, 1.54) is 4.90 Å². The van der Waals surface area contributed by atoms with E-state index in [0.717, 1.165) is 11.5 Å². The lowest BCUT2D eigenvalue weighted by molar-refractivity contribution is -0.132. The molecule has 0 N–H and O–H groups in total. The van der Waals surface area contributed by atoms with E-state index >= 15 is 0 Å². The summed E-state index contributed by atoms with van der Waals surface area (Å²) in [7, 11) is 0. The third kappa shape index (κ3) is 2.72. The van der Waals surface area contributed by atoms with E-state index in [9.17, 15) is 9.59 Å². The number of nitrogens with zero attached hydrogens (tertiary/aromatic N) is 6. The molecule has 126 valence electrons.